The van der Waals surface area contributed by atoms with Gasteiger partial charge in [0.2, 0.25) is 6.79 Å². The maximum atomic E-state index is 10.7. The number of carbonyl (C=O) groups excluding carboxylic acids is 1. The van der Waals surface area contributed by atoms with Gasteiger partial charge in [-0.1, -0.05) is 18.5 Å². The van der Waals surface area contributed by atoms with Gasteiger partial charge in [-0.3, -0.25) is 4.79 Å². The molecule has 1 aliphatic heterocycles. The van der Waals surface area contributed by atoms with E-state index in [2.05, 4.69) is 0 Å². The summed E-state index contributed by atoms with van der Waals surface area (Å²) in [7, 11) is 0. The van der Waals surface area contributed by atoms with Crippen molar-refractivity contribution in [2.24, 2.45) is 0 Å². The fourth-order valence-corrected chi connectivity index (χ4v) is 1.78. The summed E-state index contributed by atoms with van der Waals surface area (Å²) >= 11 is 6.02. The molecule has 4 heteroatoms. The van der Waals surface area contributed by atoms with Crippen molar-refractivity contribution in [3.8, 4) is 11.5 Å². The lowest BCUT2D eigenvalue weighted by Gasteiger charge is -2.02. The molecule has 0 fully saturated rings. The zero-order chi connectivity index (χ0) is 11.5. The van der Waals surface area contributed by atoms with Crippen molar-refractivity contribution >= 4 is 24.0 Å². The molecule has 1 aromatic carbocycles. The summed E-state index contributed by atoms with van der Waals surface area (Å²) in [5, 5.41) is 0.502. The zero-order valence-corrected chi connectivity index (χ0v) is 9.58. The van der Waals surface area contributed by atoms with E-state index >= 15 is 0 Å². The summed E-state index contributed by atoms with van der Waals surface area (Å²) in [5.74, 6) is 1.20. The van der Waals surface area contributed by atoms with Crippen molar-refractivity contribution in [3.63, 3.8) is 0 Å². The van der Waals surface area contributed by atoms with Gasteiger partial charge < -0.3 is 9.47 Å². The molecule has 3 nitrogen and oxygen atoms in total. The molecule has 2 rings (SSSR count). The van der Waals surface area contributed by atoms with Crippen LogP contribution in [-0.4, -0.2) is 13.1 Å². The number of allylic oxidation sites excluding steroid dienone is 1. The lowest BCUT2D eigenvalue weighted by atomic mass is 10.1. The Hall–Kier alpha value is -1.48. The molecule has 0 unspecified atom stereocenters. The molecule has 0 spiro atoms. The summed E-state index contributed by atoms with van der Waals surface area (Å²) in [4.78, 5) is 10.7. The predicted octanol–water partition coefficient (Wildman–Crippen LogP) is 3.06. The summed E-state index contributed by atoms with van der Waals surface area (Å²) in [6.07, 6.45) is 3.33. The molecule has 0 aromatic heterocycles. The molecule has 1 aliphatic rings. The Morgan fingerprint density at radius 3 is 3.00 bits per heavy atom. The van der Waals surface area contributed by atoms with E-state index < -0.39 is 0 Å². The fraction of sp³-hybridized carbons (Fsp3) is 0.250. The van der Waals surface area contributed by atoms with E-state index in [9.17, 15) is 4.79 Å². The minimum absolute atomic E-state index is 0.191. The Morgan fingerprint density at radius 2 is 2.31 bits per heavy atom. The van der Waals surface area contributed by atoms with Crippen LogP contribution in [0.15, 0.2) is 17.7 Å². The topological polar surface area (TPSA) is 35.5 Å². The number of hydrogen-bond donors (Lipinski definition) is 0. The van der Waals surface area contributed by atoms with Crippen LogP contribution in [0.25, 0.3) is 6.08 Å². The van der Waals surface area contributed by atoms with Crippen LogP contribution in [0.4, 0.5) is 0 Å². The summed E-state index contributed by atoms with van der Waals surface area (Å²) < 4.78 is 10.4. The molecule has 0 atom stereocenters. The Bertz CT molecular complexity index is 452. The first-order chi connectivity index (χ1) is 7.74. The molecule has 0 amide bonds. The van der Waals surface area contributed by atoms with Gasteiger partial charge in [0.25, 0.3) is 0 Å². The second-order valence-electron chi connectivity index (χ2n) is 3.43. The molecule has 0 N–H and O–H groups in total. The summed E-state index contributed by atoms with van der Waals surface area (Å²) in [5.41, 5.74) is 1.56. The van der Waals surface area contributed by atoms with Gasteiger partial charge in [0.1, 0.15) is 6.29 Å². The number of ether oxygens (including phenoxy) is 2. The van der Waals surface area contributed by atoms with Crippen molar-refractivity contribution < 1.29 is 14.3 Å². The molecular formula is C12H11ClO3. The normalized spacial score (nSPS) is 14.0. The van der Waals surface area contributed by atoms with E-state index in [0.29, 0.717) is 22.9 Å². The monoisotopic (exact) mass is 238 g/mol. The van der Waals surface area contributed by atoms with Gasteiger partial charge in [-0.05, 0) is 35.8 Å². The van der Waals surface area contributed by atoms with Crippen LogP contribution in [0.5, 0.6) is 11.5 Å². The molecule has 0 radical (unpaired) electrons. The molecule has 16 heavy (non-hydrogen) atoms. The van der Waals surface area contributed by atoms with E-state index in [1.165, 1.54) is 0 Å². The van der Waals surface area contributed by atoms with Gasteiger partial charge in [-0.15, -0.1) is 0 Å². The first kappa shape index (κ1) is 11.0. The minimum Gasteiger partial charge on any atom is -0.454 e. The van der Waals surface area contributed by atoms with Crippen molar-refractivity contribution in [2.75, 3.05) is 6.79 Å². The number of hydrogen-bond acceptors (Lipinski definition) is 3. The molecular weight excluding hydrogens is 228 g/mol. The van der Waals surface area contributed by atoms with Crippen molar-refractivity contribution in [1.29, 1.82) is 0 Å². The highest BCUT2D eigenvalue weighted by Crippen LogP contribution is 2.40. The Kier molecular flexibility index (Phi) is 3.15. The molecule has 1 aromatic rings. The lowest BCUT2D eigenvalue weighted by Crippen LogP contribution is -1.93. The maximum Gasteiger partial charge on any atom is 0.231 e. The van der Waals surface area contributed by atoms with Gasteiger partial charge in [0.15, 0.2) is 11.5 Å². The standard InChI is InChI=1S/C12H11ClO3/c1-2-8(6-14)3-9-4-10(13)12-11(5-9)15-7-16-12/h3-6H,2,7H2,1H3. The number of aldehydes is 1. The fourth-order valence-electron chi connectivity index (χ4n) is 1.50. The first-order valence-corrected chi connectivity index (χ1v) is 5.37. The van der Waals surface area contributed by atoms with Crippen LogP contribution in [0.1, 0.15) is 18.9 Å². The van der Waals surface area contributed by atoms with Crippen molar-refractivity contribution in [1.82, 2.24) is 0 Å². The molecule has 0 saturated carbocycles. The van der Waals surface area contributed by atoms with Gasteiger partial charge in [0.05, 0.1) is 5.02 Å². The van der Waals surface area contributed by atoms with E-state index in [4.69, 9.17) is 21.1 Å². The van der Waals surface area contributed by atoms with Gasteiger partial charge in [-0.2, -0.15) is 0 Å². The quantitative estimate of drug-likeness (QED) is 0.600. The third-order valence-corrected chi connectivity index (χ3v) is 2.64. The average molecular weight is 239 g/mol. The van der Waals surface area contributed by atoms with Crippen LogP contribution in [0.3, 0.4) is 0 Å². The third-order valence-electron chi connectivity index (χ3n) is 2.36. The summed E-state index contributed by atoms with van der Waals surface area (Å²) in [6, 6.07) is 3.57. The Morgan fingerprint density at radius 1 is 1.50 bits per heavy atom. The highest BCUT2D eigenvalue weighted by Gasteiger charge is 2.17. The molecule has 1 heterocycles. The largest absolute Gasteiger partial charge is 0.454 e. The van der Waals surface area contributed by atoms with Crippen molar-refractivity contribution in [3.05, 3.63) is 28.3 Å². The third kappa shape index (κ3) is 2.04. The number of carbonyl (C=O) groups is 1. The molecule has 84 valence electrons. The SMILES string of the molecule is CCC(C=O)=Cc1cc(Cl)c2c(c1)OCO2. The van der Waals surface area contributed by atoms with Crippen LogP contribution in [-0.2, 0) is 4.79 Å². The molecule has 0 saturated heterocycles. The second kappa shape index (κ2) is 4.58. The van der Waals surface area contributed by atoms with E-state index in [1.807, 2.05) is 13.0 Å². The van der Waals surface area contributed by atoms with Gasteiger partial charge in [0, 0.05) is 0 Å². The van der Waals surface area contributed by atoms with E-state index in [-0.39, 0.29) is 6.79 Å². The van der Waals surface area contributed by atoms with Crippen molar-refractivity contribution in [2.45, 2.75) is 13.3 Å². The first-order valence-electron chi connectivity index (χ1n) is 4.99. The zero-order valence-electron chi connectivity index (χ0n) is 8.83. The van der Waals surface area contributed by atoms with E-state index in [1.54, 1.807) is 12.1 Å². The Balaban J connectivity index is 2.40. The van der Waals surface area contributed by atoms with Crippen LogP contribution in [0.2, 0.25) is 5.02 Å². The second-order valence-corrected chi connectivity index (χ2v) is 3.83. The number of halogens is 1. The van der Waals surface area contributed by atoms with Crippen LogP contribution < -0.4 is 9.47 Å². The van der Waals surface area contributed by atoms with Gasteiger partial charge >= 0.3 is 0 Å². The lowest BCUT2D eigenvalue weighted by molar-refractivity contribution is -0.104. The maximum absolute atomic E-state index is 10.7. The highest BCUT2D eigenvalue weighted by atomic mass is 35.5. The highest BCUT2D eigenvalue weighted by molar-refractivity contribution is 6.32. The molecule has 0 bridgehead atoms. The predicted molar refractivity (Wildman–Crippen MR) is 61.9 cm³/mol. The smallest absolute Gasteiger partial charge is 0.231 e. The Labute approximate surface area is 98.6 Å². The average Bonchev–Trinajstić information content (AvgIpc) is 2.74. The van der Waals surface area contributed by atoms with E-state index in [0.717, 1.165) is 17.4 Å². The van der Waals surface area contributed by atoms with Crippen LogP contribution in [0, 0.1) is 0 Å². The van der Waals surface area contributed by atoms with Crippen LogP contribution >= 0.6 is 11.6 Å². The number of benzene rings is 1. The number of rotatable bonds is 3. The minimum atomic E-state index is 0.191. The molecule has 0 aliphatic carbocycles. The summed E-state index contributed by atoms with van der Waals surface area (Å²) in [6.45, 7) is 2.12. The van der Waals surface area contributed by atoms with Gasteiger partial charge in [-0.25, -0.2) is 0 Å². The number of fused-ring (bicyclic) bond motifs is 1.